The second kappa shape index (κ2) is 7.03. The number of fused-ring (bicyclic) bond motifs is 5. The number of hydrogen-bond donors (Lipinski definition) is 0. The van der Waals surface area contributed by atoms with Crippen molar-refractivity contribution in [3.63, 3.8) is 0 Å². The summed E-state index contributed by atoms with van der Waals surface area (Å²) in [5.74, 6) is -2.21. The number of amides is 2. The highest BCUT2D eigenvalue weighted by atomic mass is 79.9. The Morgan fingerprint density at radius 3 is 2.41 bits per heavy atom. The molecule has 0 aliphatic carbocycles. The van der Waals surface area contributed by atoms with Crippen molar-refractivity contribution in [2.45, 2.75) is 12.1 Å². The highest BCUT2D eigenvalue weighted by Crippen LogP contribution is 2.53. The summed E-state index contributed by atoms with van der Waals surface area (Å²) in [6.45, 7) is 0. The Morgan fingerprint density at radius 1 is 0.906 bits per heavy atom. The van der Waals surface area contributed by atoms with Gasteiger partial charge in [-0.05, 0) is 53.6 Å². The van der Waals surface area contributed by atoms with Gasteiger partial charge in [0, 0.05) is 10.7 Å². The van der Waals surface area contributed by atoms with Gasteiger partial charge in [-0.25, -0.2) is 4.90 Å². The van der Waals surface area contributed by atoms with Gasteiger partial charge < -0.3 is 9.32 Å². The first-order chi connectivity index (χ1) is 15.6. The van der Waals surface area contributed by atoms with Crippen molar-refractivity contribution in [2.24, 2.45) is 11.8 Å². The van der Waals surface area contributed by atoms with Crippen molar-refractivity contribution in [3.8, 4) is 0 Å². The van der Waals surface area contributed by atoms with E-state index in [0.29, 0.717) is 5.69 Å². The van der Waals surface area contributed by atoms with E-state index in [1.54, 1.807) is 36.4 Å². The fourth-order valence-corrected chi connectivity index (χ4v) is 5.53. The number of benzene rings is 2. The van der Waals surface area contributed by atoms with Crippen LogP contribution in [0.15, 0.2) is 82.0 Å². The fraction of sp³-hybridized carbons (Fsp3) is 0.160. The Labute approximate surface area is 192 Å². The van der Waals surface area contributed by atoms with Gasteiger partial charge in [-0.15, -0.1) is 0 Å². The molecule has 32 heavy (non-hydrogen) atoms. The molecule has 4 atom stereocenters. The summed E-state index contributed by atoms with van der Waals surface area (Å²) in [5, 5.41) is 0. The van der Waals surface area contributed by atoms with Crippen LogP contribution < -0.4 is 4.90 Å². The molecular formula is C25H17BrN2O4. The van der Waals surface area contributed by atoms with Crippen LogP contribution in [0.2, 0.25) is 0 Å². The molecule has 2 amide bonds. The molecule has 3 aliphatic rings. The summed E-state index contributed by atoms with van der Waals surface area (Å²) in [4.78, 5) is 44.0. The predicted molar refractivity (Wildman–Crippen MR) is 120 cm³/mol. The Balaban J connectivity index is 1.50. The highest BCUT2D eigenvalue weighted by Gasteiger charge is 2.64. The van der Waals surface area contributed by atoms with Crippen LogP contribution in [0.1, 0.15) is 27.7 Å². The number of furan rings is 1. The molecule has 158 valence electrons. The molecule has 1 aromatic heterocycles. The van der Waals surface area contributed by atoms with Crippen molar-refractivity contribution in [2.75, 3.05) is 4.90 Å². The normalized spacial score (nSPS) is 25.7. The predicted octanol–water partition coefficient (Wildman–Crippen LogP) is 4.44. The Morgan fingerprint density at radius 2 is 1.66 bits per heavy atom. The number of Topliss-reactive ketones (excluding diaryl/α,β-unsaturated/α-hetero) is 1. The van der Waals surface area contributed by atoms with Gasteiger partial charge in [-0.3, -0.25) is 14.4 Å². The monoisotopic (exact) mass is 488 g/mol. The Hall–Kier alpha value is -3.45. The van der Waals surface area contributed by atoms with E-state index in [4.69, 9.17) is 4.42 Å². The van der Waals surface area contributed by atoms with Crippen molar-refractivity contribution in [1.29, 1.82) is 0 Å². The molecule has 3 aromatic rings. The number of nitrogens with zero attached hydrogens (tertiary/aromatic N) is 2. The minimum atomic E-state index is -0.822. The molecule has 0 saturated carbocycles. The third kappa shape index (κ3) is 2.61. The van der Waals surface area contributed by atoms with Crippen molar-refractivity contribution in [3.05, 3.63) is 94.5 Å². The summed E-state index contributed by atoms with van der Waals surface area (Å²) in [6.07, 6.45) is 5.20. The maximum absolute atomic E-state index is 13.7. The van der Waals surface area contributed by atoms with E-state index in [1.807, 2.05) is 41.4 Å². The molecule has 2 saturated heterocycles. The largest absolute Gasteiger partial charge is 0.461 e. The van der Waals surface area contributed by atoms with Crippen LogP contribution in [0.3, 0.4) is 0 Å². The summed E-state index contributed by atoms with van der Waals surface area (Å²) in [6, 6.07) is 16.9. The molecule has 0 N–H and O–H groups in total. The molecule has 0 radical (unpaired) electrons. The number of carbonyl (C=O) groups is 3. The number of carbonyl (C=O) groups excluding carboxylic acids is 3. The van der Waals surface area contributed by atoms with Gasteiger partial charge in [0.25, 0.3) is 0 Å². The topological polar surface area (TPSA) is 70.8 Å². The summed E-state index contributed by atoms with van der Waals surface area (Å²) in [5.41, 5.74) is 2.44. The van der Waals surface area contributed by atoms with Crippen LogP contribution in [0.25, 0.3) is 6.08 Å². The van der Waals surface area contributed by atoms with Crippen molar-refractivity contribution >= 4 is 45.3 Å². The average molecular weight is 489 g/mol. The second-order valence-electron chi connectivity index (χ2n) is 8.16. The molecule has 4 heterocycles. The van der Waals surface area contributed by atoms with Gasteiger partial charge in [0.15, 0.2) is 5.76 Å². The van der Waals surface area contributed by atoms with Gasteiger partial charge in [0.1, 0.15) is 6.04 Å². The smallest absolute Gasteiger partial charge is 0.240 e. The van der Waals surface area contributed by atoms with Crippen LogP contribution in [0.5, 0.6) is 0 Å². The quantitative estimate of drug-likeness (QED) is 0.402. The zero-order chi connectivity index (χ0) is 22.0. The van der Waals surface area contributed by atoms with Crippen LogP contribution >= 0.6 is 15.9 Å². The van der Waals surface area contributed by atoms with E-state index < -0.39 is 23.9 Å². The number of hydrogen-bond acceptors (Lipinski definition) is 5. The number of anilines is 1. The molecule has 2 fully saturated rings. The van der Waals surface area contributed by atoms with E-state index in [2.05, 4.69) is 15.9 Å². The molecule has 6 rings (SSSR count). The molecule has 6 nitrogen and oxygen atoms in total. The van der Waals surface area contributed by atoms with Gasteiger partial charge in [-0.2, -0.15) is 0 Å². The van der Waals surface area contributed by atoms with Crippen molar-refractivity contribution < 1.29 is 18.8 Å². The van der Waals surface area contributed by atoms with E-state index in [1.165, 1.54) is 11.2 Å². The third-order valence-electron chi connectivity index (χ3n) is 6.58. The number of rotatable bonds is 3. The molecule has 2 aromatic carbocycles. The SMILES string of the molecule is O=C(c1ccco1)[C@@H]1[C@@H]2C(=O)N(c3ccc(Br)cc3)C(=O)[C@@H]2[C@H]2c3ccccc3C=CN12. The summed E-state index contributed by atoms with van der Waals surface area (Å²) in [7, 11) is 0. The van der Waals surface area contributed by atoms with Gasteiger partial charge in [0.2, 0.25) is 17.6 Å². The minimum absolute atomic E-state index is 0.184. The average Bonchev–Trinajstić information content (AvgIpc) is 3.51. The second-order valence-corrected chi connectivity index (χ2v) is 9.08. The first-order valence-electron chi connectivity index (χ1n) is 10.3. The fourth-order valence-electron chi connectivity index (χ4n) is 5.27. The molecular weight excluding hydrogens is 472 g/mol. The highest BCUT2D eigenvalue weighted by molar-refractivity contribution is 9.10. The molecule has 3 aliphatic heterocycles. The maximum Gasteiger partial charge on any atom is 0.240 e. The van der Waals surface area contributed by atoms with Gasteiger partial charge in [-0.1, -0.05) is 40.2 Å². The lowest BCUT2D eigenvalue weighted by atomic mass is 9.84. The van der Waals surface area contributed by atoms with E-state index in [9.17, 15) is 14.4 Å². The van der Waals surface area contributed by atoms with Crippen LogP contribution in [0.4, 0.5) is 5.69 Å². The molecule has 0 unspecified atom stereocenters. The molecule has 7 heteroatoms. The zero-order valence-electron chi connectivity index (χ0n) is 16.7. The third-order valence-corrected chi connectivity index (χ3v) is 7.11. The first kappa shape index (κ1) is 19.3. The van der Waals surface area contributed by atoms with Gasteiger partial charge in [0.05, 0.1) is 29.8 Å². The molecule has 0 bridgehead atoms. The number of ketones is 1. The Bertz CT molecular complexity index is 1280. The maximum atomic E-state index is 13.7. The zero-order valence-corrected chi connectivity index (χ0v) is 18.3. The van der Waals surface area contributed by atoms with Crippen molar-refractivity contribution in [1.82, 2.24) is 4.90 Å². The van der Waals surface area contributed by atoms with Crippen LogP contribution in [-0.2, 0) is 9.59 Å². The van der Waals surface area contributed by atoms with E-state index in [0.717, 1.165) is 15.6 Å². The number of imide groups is 1. The standard InChI is InChI=1S/C25H17BrN2O4/c26-15-7-9-16(10-8-15)28-24(30)19-20(25(28)31)22(23(29)18-6-3-13-32-18)27-12-11-14-4-1-2-5-17(14)21(19)27/h1-13,19-22H/t19-,20+,21+,22-/m0/s1. The van der Waals surface area contributed by atoms with Crippen LogP contribution in [0, 0.1) is 11.8 Å². The lowest BCUT2D eigenvalue weighted by Crippen LogP contribution is -2.44. The summed E-state index contributed by atoms with van der Waals surface area (Å²) < 4.78 is 6.23. The summed E-state index contributed by atoms with van der Waals surface area (Å²) >= 11 is 3.39. The van der Waals surface area contributed by atoms with Gasteiger partial charge >= 0.3 is 0 Å². The Kier molecular flexibility index (Phi) is 4.23. The number of halogens is 1. The first-order valence-corrected chi connectivity index (χ1v) is 11.1. The lowest BCUT2D eigenvalue weighted by Gasteiger charge is -2.35. The lowest BCUT2D eigenvalue weighted by molar-refractivity contribution is -0.123. The minimum Gasteiger partial charge on any atom is -0.461 e. The van der Waals surface area contributed by atoms with Crippen LogP contribution in [-0.4, -0.2) is 28.5 Å². The van der Waals surface area contributed by atoms with E-state index >= 15 is 0 Å². The van der Waals surface area contributed by atoms with E-state index in [-0.39, 0.29) is 23.4 Å². The molecule has 0 spiro atoms.